The Labute approximate surface area is 123 Å². The van der Waals surface area contributed by atoms with Crippen LogP contribution in [0.2, 0.25) is 0 Å². The van der Waals surface area contributed by atoms with Crippen LogP contribution in [0.15, 0.2) is 36.4 Å². The van der Waals surface area contributed by atoms with Gasteiger partial charge in [0, 0.05) is 22.8 Å². The molecule has 2 N–H and O–H groups in total. The van der Waals surface area contributed by atoms with Gasteiger partial charge in [-0.05, 0) is 37.1 Å². The van der Waals surface area contributed by atoms with Gasteiger partial charge in [0.15, 0.2) is 0 Å². The van der Waals surface area contributed by atoms with E-state index in [2.05, 4.69) is 24.4 Å². The maximum Gasteiger partial charge on any atom is 0.310 e. The summed E-state index contributed by atoms with van der Waals surface area (Å²) < 4.78 is 0. The molecule has 1 aromatic heterocycles. The molecule has 1 unspecified atom stereocenters. The molecule has 0 aliphatic rings. The van der Waals surface area contributed by atoms with Crippen molar-refractivity contribution in [1.29, 1.82) is 0 Å². The Balaban J connectivity index is 1.86. The molecular weight excluding hydrogens is 270 g/mol. The molecule has 0 bridgehead atoms. The third kappa shape index (κ3) is 3.92. The number of carbonyl (C=O) groups is 1. The number of aliphatic carboxylic acids is 1. The zero-order chi connectivity index (χ0) is 14.5. The lowest BCUT2D eigenvalue weighted by atomic mass is 10.0. The highest BCUT2D eigenvalue weighted by Crippen LogP contribution is 2.17. The topological polar surface area (TPSA) is 49.3 Å². The molecule has 106 valence electrons. The summed E-state index contributed by atoms with van der Waals surface area (Å²) >= 11 is 1.80. The molecule has 20 heavy (non-hydrogen) atoms. The van der Waals surface area contributed by atoms with E-state index in [1.165, 1.54) is 15.3 Å². The highest BCUT2D eigenvalue weighted by molar-refractivity contribution is 7.11. The minimum atomic E-state index is -0.788. The van der Waals surface area contributed by atoms with Crippen molar-refractivity contribution in [3.05, 3.63) is 57.3 Å². The van der Waals surface area contributed by atoms with E-state index >= 15 is 0 Å². The van der Waals surface area contributed by atoms with Crippen LogP contribution in [0.4, 0.5) is 0 Å². The fourth-order valence-electron chi connectivity index (χ4n) is 1.98. The second kappa shape index (κ2) is 6.68. The fraction of sp³-hybridized carbons (Fsp3) is 0.312. The molecule has 0 aliphatic heterocycles. The molecule has 0 saturated heterocycles. The number of benzene rings is 1. The molecular formula is C16H19NO2S. The molecule has 2 aromatic rings. The summed E-state index contributed by atoms with van der Waals surface area (Å²) in [7, 11) is 0. The van der Waals surface area contributed by atoms with Gasteiger partial charge in [0.25, 0.3) is 0 Å². The lowest BCUT2D eigenvalue weighted by Gasteiger charge is -2.08. The maximum absolute atomic E-state index is 10.9. The minimum absolute atomic E-state index is 0.453. The first-order valence-electron chi connectivity index (χ1n) is 6.64. The normalized spacial score (nSPS) is 12.3. The Morgan fingerprint density at radius 1 is 1.20 bits per heavy atom. The van der Waals surface area contributed by atoms with Gasteiger partial charge in [-0.3, -0.25) is 4.79 Å². The predicted molar refractivity (Wildman–Crippen MR) is 82.1 cm³/mol. The van der Waals surface area contributed by atoms with E-state index in [0.717, 1.165) is 18.7 Å². The molecule has 0 fully saturated rings. The Kier molecular flexibility index (Phi) is 4.93. The van der Waals surface area contributed by atoms with Gasteiger partial charge < -0.3 is 10.4 Å². The van der Waals surface area contributed by atoms with Crippen molar-refractivity contribution < 1.29 is 9.90 Å². The Morgan fingerprint density at radius 3 is 2.45 bits per heavy atom. The van der Waals surface area contributed by atoms with Crippen LogP contribution < -0.4 is 5.32 Å². The van der Waals surface area contributed by atoms with Crippen molar-refractivity contribution in [3.8, 4) is 0 Å². The van der Waals surface area contributed by atoms with Gasteiger partial charge in [-0.15, -0.1) is 11.3 Å². The van der Waals surface area contributed by atoms with Gasteiger partial charge in [-0.1, -0.05) is 24.3 Å². The number of hydrogen-bond donors (Lipinski definition) is 2. The van der Waals surface area contributed by atoms with E-state index in [0.29, 0.717) is 0 Å². The summed E-state index contributed by atoms with van der Waals surface area (Å²) in [5, 5.41) is 12.4. The standard InChI is InChI=1S/C16H19NO2S/c1-11-3-8-15(20-11)10-17-9-13-4-6-14(7-5-13)12(2)16(18)19/h3-8,12,17H,9-10H2,1-2H3,(H,18,19). The van der Waals surface area contributed by atoms with Crippen LogP contribution in [0.3, 0.4) is 0 Å². The first kappa shape index (κ1) is 14.8. The Hall–Kier alpha value is -1.65. The summed E-state index contributed by atoms with van der Waals surface area (Å²) in [6.45, 7) is 5.47. The maximum atomic E-state index is 10.9. The van der Waals surface area contributed by atoms with Crippen LogP contribution in [0.5, 0.6) is 0 Å². The molecule has 4 heteroatoms. The number of carboxylic acid groups (broad SMARTS) is 1. The summed E-state index contributed by atoms with van der Waals surface area (Å²) in [4.78, 5) is 13.6. The number of aryl methyl sites for hydroxylation is 1. The predicted octanol–water partition coefficient (Wildman–Crippen LogP) is 3.53. The lowest BCUT2D eigenvalue weighted by Crippen LogP contribution is -2.12. The highest BCUT2D eigenvalue weighted by Gasteiger charge is 2.12. The van der Waals surface area contributed by atoms with E-state index in [1.54, 1.807) is 18.3 Å². The van der Waals surface area contributed by atoms with Crippen LogP contribution in [-0.4, -0.2) is 11.1 Å². The van der Waals surface area contributed by atoms with Crippen LogP contribution >= 0.6 is 11.3 Å². The van der Waals surface area contributed by atoms with Gasteiger partial charge in [-0.2, -0.15) is 0 Å². The highest BCUT2D eigenvalue weighted by atomic mass is 32.1. The molecule has 0 radical (unpaired) electrons. The average Bonchev–Trinajstić information content (AvgIpc) is 2.84. The average molecular weight is 289 g/mol. The molecule has 0 spiro atoms. The second-order valence-corrected chi connectivity index (χ2v) is 6.29. The third-order valence-electron chi connectivity index (χ3n) is 3.27. The van der Waals surface area contributed by atoms with Crippen molar-refractivity contribution >= 4 is 17.3 Å². The van der Waals surface area contributed by atoms with Gasteiger partial charge in [0.1, 0.15) is 0 Å². The van der Waals surface area contributed by atoms with E-state index in [4.69, 9.17) is 5.11 Å². The summed E-state index contributed by atoms with van der Waals surface area (Å²) in [5.74, 6) is -1.24. The van der Waals surface area contributed by atoms with Gasteiger partial charge in [0.2, 0.25) is 0 Å². The van der Waals surface area contributed by atoms with Crippen LogP contribution in [0, 0.1) is 6.92 Å². The van der Waals surface area contributed by atoms with E-state index < -0.39 is 11.9 Å². The molecule has 2 rings (SSSR count). The van der Waals surface area contributed by atoms with E-state index in [9.17, 15) is 4.79 Å². The lowest BCUT2D eigenvalue weighted by molar-refractivity contribution is -0.138. The summed E-state index contributed by atoms with van der Waals surface area (Å²) in [5.41, 5.74) is 2.01. The number of rotatable bonds is 6. The van der Waals surface area contributed by atoms with Crippen molar-refractivity contribution in [2.45, 2.75) is 32.9 Å². The largest absolute Gasteiger partial charge is 0.481 e. The molecule has 0 saturated carbocycles. The number of carboxylic acids is 1. The monoisotopic (exact) mass is 289 g/mol. The molecule has 3 nitrogen and oxygen atoms in total. The fourth-order valence-corrected chi connectivity index (χ4v) is 2.84. The van der Waals surface area contributed by atoms with Gasteiger partial charge in [-0.25, -0.2) is 0 Å². The molecule has 0 amide bonds. The molecule has 1 heterocycles. The summed E-state index contributed by atoms with van der Waals surface area (Å²) in [6.07, 6.45) is 0. The molecule has 1 aromatic carbocycles. The second-order valence-electron chi connectivity index (χ2n) is 4.92. The van der Waals surface area contributed by atoms with E-state index in [1.807, 2.05) is 24.3 Å². The van der Waals surface area contributed by atoms with Crippen molar-refractivity contribution in [2.24, 2.45) is 0 Å². The van der Waals surface area contributed by atoms with Crippen LogP contribution in [-0.2, 0) is 17.9 Å². The summed E-state index contributed by atoms with van der Waals surface area (Å²) in [6, 6.07) is 12.0. The van der Waals surface area contributed by atoms with E-state index in [-0.39, 0.29) is 0 Å². The zero-order valence-electron chi connectivity index (χ0n) is 11.7. The number of thiophene rings is 1. The SMILES string of the molecule is Cc1ccc(CNCc2ccc(C(C)C(=O)O)cc2)s1. The van der Waals surface area contributed by atoms with Gasteiger partial charge in [0.05, 0.1) is 5.92 Å². The van der Waals surface area contributed by atoms with Gasteiger partial charge >= 0.3 is 5.97 Å². The van der Waals surface area contributed by atoms with Crippen molar-refractivity contribution in [2.75, 3.05) is 0 Å². The number of hydrogen-bond acceptors (Lipinski definition) is 3. The Bertz CT molecular complexity index is 574. The smallest absolute Gasteiger partial charge is 0.310 e. The number of nitrogens with one attached hydrogen (secondary N) is 1. The van der Waals surface area contributed by atoms with Crippen LogP contribution in [0.25, 0.3) is 0 Å². The van der Waals surface area contributed by atoms with Crippen LogP contribution in [0.1, 0.15) is 33.7 Å². The quantitative estimate of drug-likeness (QED) is 0.855. The first-order valence-corrected chi connectivity index (χ1v) is 7.45. The van der Waals surface area contributed by atoms with Crippen molar-refractivity contribution in [3.63, 3.8) is 0 Å². The first-order chi connectivity index (χ1) is 9.56. The van der Waals surface area contributed by atoms with Crippen molar-refractivity contribution in [1.82, 2.24) is 5.32 Å². The molecule has 1 atom stereocenters. The molecule has 0 aliphatic carbocycles. The zero-order valence-corrected chi connectivity index (χ0v) is 12.5. The third-order valence-corrected chi connectivity index (χ3v) is 4.28. The Morgan fingerprint density at radius 2 is 1.90 bits per heavy atom. The minimum Gasteiger partial charge on any atom is -0.481 e.